The fraction of sp³-hybridized carbons (Fsp3) is 0.444. The molecular weight excluding hydrogens is 493 g/mol. The van der Waals surface area contributed by atoms with Gasteiger partial charge in [-0.15, -0.1) is 0 Å². The summed E-state index contributed by atoms with van der Waals surface area (Å²) in [4.78, 5) is 35.1. The summed E-state index contributed by atoms with van der Waals surface area (Å²) in [5.41, 5.74) is 2.70. The molecule has 0 atom stereocenters. The van der Waals surface area contributed by atoms with Crippen molar-refractivity contribution in [3.8, 4) is 22.5 Å². The minimum atomic E-state index is -4.24. The highest BCUT2D eigenvalue weighted by Crippen LogP contribution is 2.50. The predicted molar refractivity (Wildman–Crippen MR) is 129 cm³/mol. The zero-order chi connectivity index (χ0) is 26.5. The Morgan fingerprint density at radius 1 is 0.946 bits per heavy atom. The van der Waals surface area contributed by atoms with Crippen LogP contribution in [0.5, 0.6) is 0 Å². The monoisotopic (exact) mass is 519 g/mol. The molecule has 2 fully saturated rings. The van der Waals surface area contributed by atoms with Gasteiger partial charge in [0.1, 0.15) is 0 Å². The number of rotatable bonds is 4. The number of halogens is 5. The summed E-state index contributed by atoms with van der Waals surface area (Å²) in [6.45, 7) is 1.69. The lowest BCUT2D eigenvalue weighted by Gasteiger charge is -2.35. The SMILES string of the molecule is Cc1[nH]c(-c2cnc(C3CC(F)(F)C3)cc2C2CCC(C(F)(F)F)CC2)cc(=O)c1-c1cccc(=O)[nH]1. The van der Waals surface area contributed by atoms with Gasteiger partial charge < -0.3 is 9.97 Å². The van der Waals surface area contributed by atoms with E-state index < -0.39 is 23.9 Å². The molecule has 5 nitrogen and oxygen atoms in total. The first-order valence-electron chi connectivity index (χ1n) is 12.3. The van der Waals surface area contributed by atoms with Crippen LogP contribution in [0.15, 0.2) is 46.1 Å². The Morgan fingerprint density at radius 3 is 2.24 bits per heavy atom. The van der Waals surface area contributed by atoms with Gasteiger partial charge in [0.2, 0.25) is 11.5 Å². The molecule has 3 heterocycles. The molecule has 0 unspecified atom stereocenters. The number of nitrogens with one attached hydrogen (secondary N) is 2. The number of aromatic amines is 2. The summed E-state index contributed by atoms with van der Waals surface area (Å²) in [5.74, 6) is -4.71. The molecule has 196 valence electrons. The van der Waals surface area contributed by atoms with E-state index in [1.54, 1.807) is 25.1 Å². The number of nitrogens with zero attached hydrogens (tertiary/aromatic N) is 1. The average Bonchev–Trinajstić information content (AvgIpc) is 2.81. The fourth-order valence-electron chi connectivity index (χ4n) is 5.64. The molecule has 2 saturated carbocycles. The van der Waals surface area contributed by atoms with Gasteiger partial charge >= 0.3 is 6.18 Å². The van der Waals surface area contributed by atoms with Crippen molar-refractivity contribution in [1.82, 2.24) is 15.0 Å². The van der Waals surface area contributed by atoms with Crippen LogP contribution < -0.4 is 11.0 Å². The van der Waals surface area contributed by atoms with E-state index in [1.165, 1.54) is 18.3 Å². The molecular formula is C27H26F5N3O2. The summed E-state index contributed by atoms with van der Waals surface area (Å²) >= 11 is 0. The van der Waals surface area contributed by atoms with E-state index in [4.69, 9.17) is 0 Å². The molecule has 2 aliphatic carbocycles. The predicted octanol–water partition coefficient (Wildman–Crippen LogP) is 6.45. The molecule has 0 saturated heterocycles. The number of H-pyrrole nitrogens is 2. The Labute approximate surface area is 209 Å². The first-order valence-corrected chi connectivity index (χ1v) is 12.3. The Hall–Kier alpha value is -3.30. The second-order valence-electron chi connectivity index (χ2n) is 10.2. The van der Waals surface area contributed by atoms with Crippen molar-refractivity contribution in [2.45, 2.75) is 69.4 Å². The zero-order valence-corrected chi connectivity index (χ0v) is 20.1. The molecule has 0 bridgehead atoms. The smallest absolute Gasteiger partial charge is 0.358 e. The van der Waals surface area contributed by atoms with Crippen LogP contribution in [0, 0.1) is 12.8 Å². The third-order valence-electron chi connectivity index (χ3n) is 7.64. The second kappa shape index (κ2) is 9.22. The Bertz CT molecular complexity index is 1430. The van der Waals surface area contributed by atoms with Crippen molar-refractivity contribution in [2.75, 3.05) is 0 Å². The maximum absolute atomic E-state index is 13.5. The maximum Gasteiger partial charge on any atom is 0.391 e. The van der Waals surface area contributed by atoms with Crippen molar-refractivity contribution in [3.05, 3.63) is 74.1 Å². The van der Waals surface area contributed by atoms with Gasteiger partial charge in [-0.05, 0) is 56.2 Å². The number of aryl methyl sites for hydroxylation is 1. The summed E-state index contributed by atoms with van der Waals surface area (Å²) in [7, 11) is 0. The molecule has 3 aromatic heterocycles. The summed E-state index contributed by atoms with van der Waals surface area (Å²) in [6.07, 6.45) is -2.75. The van der Waals surface area contributed by atoms with Crippen LogP contribution in [0.3, 0.4) is 0 Å². The minimum Gasteiger partial charge on any atom is -0.358 e. The lowest BCUT2D eigenvalue weighted by Crippen LogP contribution is -2.34. The van der Waals surface area contributed by atoms with E-state index in [-0.39, 0.29) is 42.6 Å². The van der Waals surface area contributed by atoms with Crippen LogP contribution >= 0.6 is 0 Å². The Balaban J connectivity index is 1.54. The van der Waals surface area contributed by atoms with Gasteiger partial charge in [0.15, 0.2) is 5.43 Å². The van der Waals surface area contributed by atoms with Crippen molar-refractivity contribution in [1.29, 1.82) is 0 Å². The van der Waals surface area contributed by atoms with Gasteiger partial charge in [-0.25, -0.2) is 8.78 Å². The normalized spacial score (nSPS) is 22.0. The Kier molecular flexibility index (Phi) is 6.32. The molecule has 37 heavy (non-hydrogen) atoms. The van der Waals surface area contributed by atoms with Gasteiger partial charge in [0, 0.05) is 54.0 Å². The Morgan fingerprint density at radius 2 is 1.65 bits per heavy atom. The lowest BCUT2D eigenvalue weighted by atomic mass is 9.74. The van der Waals surface area contributed by atoms with Gasteiger partial charge in [-0.3, -0.25) is 14.6 Å². The van der Waals surface area contributed by atoms with E-state index in [1.807, 2.05) is 0 Å². The van der Waals surface area contributed by atoms with Crippen LogP contribution in [-0.2, 0) is 0 Å². The second-order valence-corrected chi connectivity index (χ2v) is 10.2. The van der Waals surface area contributed by atoms with Gasteiger partial charge in [-0.1, -0.05) is 6.07 Å². The van der Waals surface area contributed by atoms with Crippen LogP contribution in [-0.4, -0.2) is 27.1 Å². The number of pyridine rings is 3. The summed E-state index contributed by atoms with van der Waals surface area (Å²) in [6, 6.07) is 7.63. The molecule has 0 amide bonds. The molecule has 10 heteroatoms. The third-order valence-corrected chi connectivity index (χ3v) is 7.64. The van der Waals surface area contributed by atoms with E-state index in [0.29, 0.717) is 46.7 Å². The van der Waals surface area contributed by atoms with Crippen LogP contribution in [0.25, 0.3) is 22.5 Å². The molecule has 3 aromatic rings. The molecule has 0 spiro atoms. The summed E-state index contributed by atoms with van der Waals surface area (Å²) < 4.78 is 66.8. The number of alkyl halides is 5. The van der Waals surface area contributed by atoms with Crippen molar-refractivity contribution < 1.29 is 22.0 Å². The summed E-state index contributed by atoms with van der Waals surface area (Å²) in [5, 5.41) is 0. The number of hydrogen-bond donors (Lipinski definition) is 2. The largest absolute Gasteiger partial charge is 0.391 e. The highest BCUT2D eigenvalue weighted by atomic mass is 19.4. The highest BCUT2D eigenvalue weighted by molar-refractivity contribution is 5.69. The number of hydrogen-bond acceptors (Lipinski definition) is 3. The van der Waals surface area contributed by atoms with E-state index in [2.05, 4.69) is 15.0 Å². The first kappa shape index (κ1) is 25.4. The average molecular weight is 520 g/mol. The van der Waals surface area contributed by atoms with Gasteiger partial charge in [0.05, 0.1) is 22.9 Å². The zero-order valence-electron chi connectivity index (χ0n) is 20.1. The van der Waals surface area contributed by atoms with E-state index in [0.717, 1.165) is 5.56 Å². The van der Waals surface area contributed by atoms with Crippen LogP contribution in [0.2, 0.25) is 0 Å². The van der Waals surface area contributed by atoms with Crippen molar-refractivity contribution in [3.63, 3.8) is 0 Å². The highest BCUT2D eigenvalue weighted by Gasteiger charge is 2.47. The van der Waals surface area contributed by atoms with Gasteiger partial charge in [0.25, 0.3) is 0 Å². The molecule has 0 aromatic carbocycles. The van der Waals surface area contributed by atoms with Gasteiger partial charge in [-0.2, -0.15) is 13.2 Å². The number of aromatic nitrogens is 3. The minimum absolute atomic E-state index is 0.0113. The quantitative estimate of drug-likeness (QED) is 0.389. The van der Waals surface area contributed by atoms with Crippen molar-refractivity contribution >= 4 is 0 Å². The lowest BCUT2D eigenvalue weighted by molar-refractivity contribution is -0.182. The van der Waals surface area contributed by atoms with E-state index >= 15 is 0 Å². The topological polar surface area (TPSA) is 78.6 Å². The van der Waals surface area contributed by atoms with Crippen molar-refractivity contribution in [2.24, 2.45) is 5.92 Å². The molecule has 0 radical (unpaired) electrons. The van der Waals surface area contributed by atoms with Crippen LogP contribution in [0.1, 0.15) is 67.3 Å². The fourth-order valence-corrected chi connectivity index (χ4v) is 5.64. The first-order chi connectivity index (χ1) is 17.4. The molecule has 2 N–H and O–H groups in total. The molecule has 5 rings (SSSR count). The maximum atomic E-state index is 13.5. The van der Waals surface area contributed by atoms with E-state index in [9.17, 15) is 31.5 Å². The standard InChI is InChI=1S/C27H26F5N3O2/c1-14-25(20-3-2-4-24(37)35-20)23(36)10-22(34-14)19-13-33-21(16-11-26(28,29)12-16)9-18(19)15-5-7-17(8-6-15)27(30,31)32/h2-4,9-10,13,15-17H,5-8,11-12H2,1H3,(H,34,36)(H,35,37). The molecule has 2 aliphatic rings. The third kappa shape index (κ3) is 5.10. The van der Waals surface area contributed by atoms with Crippen LogP contribution in [0.4, 0.5) is 22.0 Å². The molecule has 0 aliphatic heterocycles.